The van der Waals surface area contributed by atoms with Crippen LogP contribution in [0.2, 0.25) is 0 Å². The minimum Gasteiger partial charge on any atom is -0.461 e. The molecule has 0 aliphatic carbocycles. The van der Waals surface area contributed by atoms with Gasteiger partial charge in [0.1, 0.15) is 13.2 Å². The highest BCUT2D eigenvalue weighted by Crippen LogP contribution is 2.00. The maximum atomic E-state index is 10.3. The highest BCUT2D eigenvalue weighted by atomic mass is 16.6. The third-order valence-electron chi connectivity index (χ3n) is 0.715. The minimum atomic E-state index is -1.02. The summed E-state index contributed by atoms with van der Waals surface area (Å²) in [5.74, 6) is -0.720. The van der Waals surface area contributed by atoms with Crippen LogP contribution in [0.3, 0.4) is 0 Å². The molecule has 60 valence electrons. The minimum absolute atomic E-state index is 0.0909. The largest absolute Gasteiger partial charge is 0.461 e. The molecule has 0 saturated carbocycles. The standard InChI is InChI=1S/C6H12O4/c1-6(2,9)4-10-5(8)3-7/h7,9H,3-4H2,1-2H3. The first kappa shape index (κ1) is 9.39. The Balaban J connectivity index is 3.46. The van der Waals surface area contributed by atoms with Crippen LogP contribution in [0.1, 0.15) is 13.8 Å². The van der Waals surface area contributed by atoms with E-state index in [-0.39, 0.29) is 6.61 Å². The summed E-state index contributed by atoms with van der Waals surface area (Å²) in [6.45, 7) is 2.29. The van der Waals surface area contributed by atoms with E-state index in [9.17, 15) is 4.79 Å². The van der Waals surface area contributed by atoms with Crippen molar-refractivity contribution in [1.82, 2.24) is 0 Å². The summed E-state index contributed by atoms with van der Waals surface area (Å²) < 4.78 is 4.42. The molecule has 0 aromatic rings. The quantitative estimate of drug-likeness (QED) is 0.519. The summed E-state index contributed by atoms with van der Waals surface area (Å²) in [7, 11) is 0. The number of hydrogen-bond acceptors (Lipinski definition) is 4. The highest BCUT2D eigenvalue weighted by molar-refractivity contribution is 5.70. The molecule has 0 radical (unpaired) electrons. The molecule has 0 rings (SSSR count). The van der Waals surface area contributed by atoms with Crippen LogP contribution in [-0.4, -0.2) is 35.0 Å². The number of aliphatic hydroxyl groups excluding tert-OH is 1. The molecule has 0 aliphatic rings. The Hall–Kier alpha value is -0.610. The Kier molecular flexibility index (Phi) is 3.32. The first-order chi connectivity index (χ1) is 4.45. The van der Waals surface area contributed by atoms with Crippen molar-refractivity contribution in [1.29, 1.82) is 0 Å². The number of esters is 1. The second-order valence-electron chi connectivity index (χ2n) is 2.63. The van der Waals surface area contributed by atoms with Gasteiger partial charge in [-0.2, -0.15) is 0 Å². The normalized spacial score (nSPS) is 11.2. The van der Waals surface area contributed by atoms with E-state index in [1.807, 2.05) is 0 Å². The van der Waals surface area contributed by atoms with E-state index in [0.29, 0.717) is 0 Å². The van der Waals surface area contributed by atoms with Gasteiger partial charge in [0.05, 0.1) is 5.60 Å². The third kappa shape index (κ3) is 5.53. The number of carbonyl (C=O) groups is 1. The van der Waals surface area contributed by atoms with Gasteiger partial charge in [-0.05, 0) is 13.8 Å². The Morgan fingerprint density at radius 1 is 1.60 bits per heavy atom. The van der Waals surface area contributed by atoms with Crippen LogP contribution < -0.4 is 0 Å². The maximum Gasteiger partial charge on any atom is 0.331 e. The average Bonchev–Trinajstić information content (AvgIpc) is 1.81. The average molecular weight is 148 g/mol. The first-order valence-corrected chi connectivity index (χ1v) is 2.94. The van der Waals surface area contributed by atoms with Crippen molar-refractivity contribution >= 4 is 5.97 Å². The molecule has 2 N–H and O–H groups in total. The molecule has 0 atom stereocenters. The van der Waals surface area contributed by atoms with Crippen LogP contribution in [0.4, 0.5) is 0 Å². The third-order valence-corrected chi connectivity index (χ3v) is 0.715. The predicted molar refractivity (Wildman–Crippen MR) is 34.3 cm³/mol. The molecule has 0 fully saturated rings. The molecule has 0 aromatic carbocycles. The lowest BCUT2D eigenvalue weighted by atomic mass is 10.2. The van der Waals surface area contributed by atoms with Crippen LogP contribution in [0, 0.1) is 0 Å². The summed E-state index contributed by atoms with van der Waals surface area (Å²) in [6, 6.07) is 0. The molecule has 0 heterocycles. The van der Waals surface area contributed by atoms with Gasteiger partial charge in [-0.3, -0.25) is 0 Å². The van der Waals surface area contributed by atoms with Crippen LogP contribution in [-0.2, 0) is 9.53 Å². The van der Waals surface area contributed by atoms with Gasteiger partial charge >= 0.3 is 5.97 Å². The fraction of sp³-hybridized carbons (Fsp3) is 0.833. The summed E-state index contributed by atoms with van der Waals surface area (Å²) in [5, 5.41) is 17.2. The Labute approximate surface area is 59.4 Å². The zero-order valence-electron chi connectivity index (χ0n) is 6.13. The van der Waals surface area contributed by atoms with Gasteiger partial charge in [0, 0.05) is 0 Å². The number of ether oxygens (including phenoxy) is 1. The molecule has 0 bridgehead atoms. The van der Waals surface area contributed by atoms with Crippen molar-refractivity contribution in [3.8, 4) is 0 Å². The van der Waals surface area contributed by atoms with Gasteiger partial charge in [0.2, 0.25) is 0 Å². The molecule has 0 aliphatic heterocycles. The molecule has 0 unspecified atom stereocenters. The maximum absolute atomic E-state index is 10.3. The highest BCUT2D eigenvalue weighted by Gasteiger charge is 2.14. The second-order valence-corrected chi connectivity index (χ2v) is 2.63. The van der Waals surface area contributed by atoms with Gasteiger partial charge in [-0.25, -0.2) is 4.79 Å². The van der Waals surface area contributed by atoms with E-state index in [1.165, 1.54) is 13.8 Å². The lowest BCUT2D eigenvalue weighted by Crippen LogP contribution is -2.28. The number of rotatable bonds is 3. The fourth-order valence-electron chi connectivity index (χ4n) is 0.303. The molecule has 0 spiro atoms. The smallest absolute Gasteiger partial charge is 0.331 e. The monoisotopic (exact) mass is 148 g/mol. The zero-order chi connectivity index (χ0) is 8.20. The molecular formula is C6H12O4. The number of carbonyl (C=O) groups excluding carboxylic acids is 1. The lowest BCUT2D eigenvalue weighted by Gasteiger charge is -2.15. The lowest BCUT2D eigenvalue weighted by molar-refractivity contribution is -0.153. The van der Waals surface area contributed by atoms with E-state index in [2.05, 4.69) is 4.74 Å². The van der Waals surface area contributed by atoms with E-state index in [0.717, 1.165) is 0 Å². The van der Waals surface area contributed by atoms with Crippen molar-refractivity contribution in [3.05, 3.63) is 0 Å². The Bertz CT molecular complexity index is 113. The summed E-state index contributed by atoms with van der Waals surface area (Å²) in [5.41, 5.74) is -1.02. The van der Waals surface area contributed by atoms with Gasteiger partial charge in [0.15, 0.2) is 0 Å². The van der Waals surface area contributed by atoms with Crippen LogP contribution in [0.15, 0.2) is 0 Å². The summed E-state index contributed by atoms with van der Waals surface area (Å²) in [4.78, 5) is 10.3. The molecule has 0 amide bonds. The molecule has 0 aromatic heterocycles. The van der Waals surface area contributed by atoms with E-state index in [4.69, 9.17) is 10.2 Å². The zero-order valence-corrected chi connectivity index (χ0v) is 6.13. The van der Waals surface area contributed by atoms with E-state index < -0.39 is 18.2 Å². The van der Waals surface area contributed by atoms with Gasteiger partial charge in [0.25, 0.3) is 0 Å². The van der Waals surface area contributed by atoms with E-state index >= 15 is 0 Å². The SMILES string of the molecule is CC(C)(O)COC(=O)CO. The first-order valence-electron chi connectivity index (χ1n) is 2.94. The van der Waals surface area contributed by atoms with Gasteiger partial charge in [-0.15, -0.1) is 0 Å². The van der Waals surface area contributed by atoms with Crippen LogP contribution in [0.5, 0.6) is 0 Å². The van der Waals surface area contributed by atoms with Crippen molar-refractivity contribution in [3.63, 3.8) is 0 Å². The second kappa shape index (κ2) is 3.53. The van der Waals surface area contributed by atoms with Gasteiger partial charge < -0.3 is 14.9 Å². The van der Waals surface area contributed by atoms with Gasteiger partial charge in [-0.1, -0.05) is 0 Å². The summed E-state index contributed by atoms with van der Waals surface area (Å²) in [6.07, 6.45) is 0. The number of aliphatic hydroxyl groups is 2. The molecule has 10 heavy (non-hydrogen) atoms. The number of hydrogen-bond donors (Lipinski definition) is 2. The molecule has 0 saturated heterocycles. The van der Waals surface area contributed by atoms with E-state index in [1.54, 1.807) is 0 Å². The van der Waals surface area contributed by atoms with Crippen molar-refractivity contribution in [2.45, 2.75) is 19.4 Å². The Morgan fingerprint density at radius 3 is 2.40 bits per heavy atom. The van der Waals surface area contributed by atoms with Crippen molar-refractivity contribution in [2.75, 3.05) is 13.2 Å². The van der Waals surface area contributed by atoms with Crippen LogP contribution in [0.25, 0.3) is 0 Å². The molecular weight excluding hydrogens is 136 g/mol. The Morgan fingerprint density at radius 2 is 2.10 bits per heavy atom. The fourth-order valence-corrected chi connectivity index (χ4v) is 0.303. The molecule has 4 nitrogen and oxygen atoms in total. The van der Waals surface area contributed by atoms with Crippen molar-refractivity contribution < 1.29 is 19.7 Å². The van der Waals surface area contributed by atoms with Crippen molar-refractivity contribution in [2.24, 2.45) is 0 Å². The topological polar surface area (TPSA) is 66.8 Å². The predicted octanol–water partition coefficient (Wildman–Crippen LogP) is -0.707. The summed E-state index contributed by atoms with van der Waals surface area (Å²) >= 11 is 0. The molecule has 4 heteroatoms. The van der Waals surface area contributed by atoms with Crippen LogP contribution >= 0.6 is 0 Å².